The molecular formula is C14H15N3O2. The zero-order chi connectivity index (χ0) is 14.0. The van der Waals surface area contributed by atoms with Crippen molar-refractivity contribution in [3.63, 3.8) is 0 Å². The van der Waals surface area contributed by atoms with Crippen molar-refractivity contribution < 1.29 is 9.21 Å². The minimum atomic E-state index is -0.524. The number of aryl methyl sites for hydroxylation is 2. The number of benzene rings is 1. The van der Waals surface area contributed by atoms with Crippen LogP contribution in [0.5, 0.6) is 0 Å². The molecule has 1 heterocycles. The molecule has 2 rings (SSSR count). The Kier molecular flexibility index (Phi) is 3.37. The van der Waals surface area contributed by atoms with E-state index in [0.29, 0.717) is 5.76 Å². The summed E-state index contributed by atoms with van der Waals surface area (Å²) >= 11 is 0. The zero-order valence-electron chi connectivity index (χ0n) is 10.8. The maximum Gasteiger partial charge on any atom is 0.293 e. The molecule has 1 aromatic carbocycles. The second-order valence-electron chi connectivity index (χ2n) is 4.35. The standard InChI is InChI=1S/C14H15N3O2/c1-8-3-4-9(2)10(7-8)11-5-6-12(19-11)13(18)17-14(15)16/h3-7H,1-2H3,(H4,15,16,17,18). The molecule has 0 saturated carbocycles. The van der Waals surface area contributed by atoms with Crippen LogP contribution in [0.1, 0.15) is 21.7 Å². The average molecular weight is 257 g/mol. The largest absolute Gasteiger partial charge is 0.451 e. The highest BCUT2D eigenvalue weighted by molar-refractivity contribution is 6.03. The summed E-state index contributed by atoms with van der Waals surface area (Å²) < 4.78 is 5.50. The van der Waals surface area contributed by atoms with Crippen LogP contribution < -0.4 is 11.1 Å². The van der Waals surface area contributed by atoms with E-state index in [4.69, 9.17) is 15.6 Å². The number of guanidine groups is 1. The van der Waals surface area contributed by atoms with Crippen LogP contribution in [0.15, 0.2) is 34.7 Å². The number of carbonyl (C=O) groups excluding carboxylic acids is 1. The van der Waals surface area contributed by atoms with Gasteiger partial charge in [0, 0.05) is 5.56 Å². The van der Waals surface area contributed by atoms with Gasteiger partial charge in [-0.15, -0.1) is 0 Å². The molecule has 5 heteroatoms. The van der Waals surface area contributed by atoms with Gasteiger partial charge < -0.3 is 10.2 Å². The lowest BCUT2D eigenvalue weighted by Gasteiger charge is -2.04. The van der Waals surface area contributed by atoms with Crippen LogP contribution in [0.25, 0.3) is 11.3 Å². The number of hydrogen-bond donors (Lipinski definition) is 3. The quantitative estimate of drug-likeness (QED) is 0.568. The Labute approximate surface area is 110 Å². The van der Waals surface area contributed by atoms with Crippen molar-refractivity contribution in [3.05, 3.63) is 47.2 Å². The lowest BCUT2D eigenvalue weighted by molar-refractivity contribution is 0.0950. The topological polar surface area (TPSA) is 92.1 Å². The summed E-state index contributed by atoms with van der Waals surface area (Å²) in [6.45, 7) is 3.97. The Morgan fingerprint density at radius 3 is 2.68 bits per heavy atom. The first-order valence-corrected chi connectivity index (χ1v) is 5.80. The Bertz CT molecular complexity index is 644. The molecule has 19 heavy (non-hydrogen) atoms. The van der Waals surface area contributed by atoms with Gasteiger partial charge >= 0.3 is 0 Å². The molecule has 98 valence electrons. The van der Waals surface area contributed by atoms with Gasteiger partial charge in [0.2, 0.25) is 0 Å². The van der Waals surface area contributed by atoms with E-state index in [1.165, 1.54) is 0 Å². The van der Waals surface area contributed by atoms with Crippen molar-refractivity contribution in [2.45, 2.75) is 13.8 Å². The molecule has 0 aliphatic carbocycles. The predicted molar refractivity (Wildman–Crippen MR) is 73.0 cm³/mol. The summed E-state index contributed by atoms with van der Waals surface area (Å²) in [6.07, 6.45) is 0. The molecule has 1 aromatic heterocycles. The van der Waals surface area contributed by atoms with Crippen molar-refractivity contribution in [2.75, 3.05) is 0 Å². The van der Waals surface area contributed by atoms with E-state index >= 15 is 0 Å². The van der Waals surface area contributed by atoms with Gasteiger partial charge in [-0.2, -0.15) is 0 Å². The average Bonchev–Trinajstić information content (AvgIpc) is 2.80. The summed E-state index contributed by atoms with van der Waals surface area (Å²) in [5.74, 6) is -0.181. The van der Waals surface area contributed by atoms with Crippen molar-refractivity contribution >= 4 is 11.9 Å². The fourth-order valence-electron chi connectivity index (χ4n) is 1.79. The number of carbonyl (C=O) groups is 1. The maximum atomic E-state index is 11.6. The van der Waals surface area contributed by atoms with Crippen LogP contribution in [0.2, 0.25) is 0 Å². The fraction of sp³-hybridized carbons (Fsp3) is 0.143. The van der Waals surface area contributed by atoms with Crippen LogP contribution in [-0.4, -0.2) is 11.9 Å². The summed E-state index contributed by atoms with van der Waals surface area (Å²) in [5.41, 5.74) is 8.23. The van der Waals surface area contributed by atoms with E-state index in [0.717, 1.165) is 16.7 Å². The fourth-order valence-corrected chi connectivity index (χ4v) is 1.79. The maximum absolute atomic E-state index is 11.6. The van der Waals surface area contributed by atoms with Crippen molar-refractivity contribution in [1.82, 2.24) is 5.32 Å². The number of amides is 1. The van der Waals surface area contributed by atoms with Gasteiger partial charge in [-0.1, -0.05) is 17.7 Å². The molecule has 2 aromatic rings. The Hall–Kier alpha value is -2.56. The summed E-state index contributed by atoms with van der Waals surface area (Å²) in [4.78, 5) is 11.6. The molecule has 0 saturated heterocycles. The third-order valence-corrected chi connectivity index (χ3v) is 2.74. The highest BCUT2D eigenvalue weighted by atomic mass is 16.3. The molecule has 0 aliphatic rings. The molecule has 0 aliphatic heterocycles. The van der Waals surface area contributed by atoms with Gasteiger partial charge in [0.1, 0.15) is 5.76 Å². The Morgan fingerprint density at radius 1 is 1.26 bits per heavy atom. The van der Waals surface area contributed by atoms with Crippen molar-refractivity contribution in [3.8, 4) is 11.3 Å². The second-order valence-corrected chi connectivity index (χ2v) is 4.35. The molecule has 0 spiro atoms. The van der Waals surface area contributed by atoms with Crippen LogP contribution in [-0.2, 0) is 0 Å². The number of nitrogens with two attached hydrogens (primary N) is 1. The Morgan fingerprint density at radius 2 is 2.00 bits per heavy atom. The molecule has 0 atom stereocenters. The van der Waals surface area contributed by atoms with Crippen molar-refractivity contribution in [2.24, 2.45) is 5.73 Å². The summed E-state index contributed by atoms with van der Waals surface area (Å²) in [6, 6.07) is 9.32. The van der Waals surface area contributed by atoms with E-state index < -0.39 is 11.9 Å². The Balaban J connectivity index is 2.33. The normalized spacial score (nSPS) is 10.2. The molecule has 0 unspecified atom stereocenters. The summed E-state index contributed by atoms with van der Waals surface area (Å²) in [7, 11) is 0. The highest BCUT2D eigenvalue weighted by Crippen LogP contribution is 2.26. The SMILES string of the molecule is Cc1ccc(C)c(-c2ccc(C(=O)NC(=N)N)o2)c1. The predicted octanol–water partition coefficient (Wildman–Crippen LogP) is 2.19. The number of nitrogens with one attached hydrogen (secondary N) is 2. The molecule has 0 fully saturated rings. The van der Waals surface area contributed by atoms with E-state index in [1.54, 1.807) is 12.1 Å². The van der Waals surface area contributed by atoms with Gasteiger partial charge in [-0.3, -0.25) is 15.5 Å². The number of furan rings is 1. The lowest BCUT2D eigenvalue weighted by atomic mass is 10.0. The van der Waals surface area contributed by atoms with E-state index in [-0.39, 0.29) is 5.76 Å². The molecule has 0 radical (unpaired) electrons. The monoisotopic (exact) mass is 257 g/mol. The third kappa shape index (κ3) is 2.82. The van der Waals surface area contributed by atoms with E-state index in [2.05, 4.69) is 5.32 Å². The molecule has 5 nitrogen and oxygen atoms in total. The molecule has 4 N–H and O–H groups in total. The number of hydrogen-bond acceptors (Lipinski definition) is 3. The van der Waals surface area contributed by atoms with Gasteiger partial charge in [0.25, 0.3) is 5.91 Å². The molecular weight excluding hydrogens is 242 g/mol. The van der Waals surface area contributed by atoms with E-state index in [1.807, 2.05) is 32.0 Å². The summed E-state index contributed by atoms with van der Waals surface area (Å²) in [5, 5.41) is 9.19. The third-order valence-electron chi connectivity index (χ3n) is 2.74. The zero-order valence-corrected chi connectivity index (χ0v) is 10.8. The van der Waals surface area contributed by atoms with Gasteiger partial charge in [0.05, 0.1) is 0 Å². The second kappa shape index (κ2) is 4.97. The van der Waals surface area contributed by atoms with E-state index in [9.17, 15) is 4.79 Å². The molecule has 1 amide bonds. The van der Waals surface area contributed by atoms with Crippen LogP contribution in [0.4, 0.5) is 0 Å². The van der Waals surface area contributed by atoms with Crippen molar-refractivity contribution in [1.29, 1.82) is 5.41 Å². The minimum Gasteiger partial charge on any atom is -0.451 e. The lowest BCUT2D eigenvalue weighted by Crippen LogP contribution is -2.35. The van der Waals surface area contributed by atoms with Gasteiger partial charge in [-0.05, 0) is 37.6 Å². The first-order chi connectivity index (χ1) is 8.97. The van der Waals surface area contributed by atoms with Crippen LogP contribution in [0, 0.1) is 19.3 Å². The minimum absolute atomic E-state index is 0.131. The first-order valence-electron chi connectivity index (χ1n) is 5.80. The molecule has 0 bridgehead atoms. The first kappa shape index (κ1) is 12.9. The number of rotatable bonds is 2. The smallest absolute Gasteiger partial charge is 0.293 e. The van der Waals surface area contributed by atoms with Gasteiger partial charge in [-0.25, -0.2) is 0 Å². The highest BCUT2D eigenvalue weighted by Gasteiger charge is 2.13. The van der Waals surface area contributed by atoms with Crippen LogP contribution >= 0.6 is 0 Å². The van der Waals surface area contributed by atoms with Crippen LogP contribution in [0.3, 0.4) is 0 Å². The van der Waals surface area contributed by atoms with Gasteiger partial charge in [0.15, 0.2) is 11.7 Å².